The van der Waals surface area contributed by atoms with Crippen LogP contribution < -0.4 is 11.1 Å². The Morgan fingerprint density at radius 2 is 1.88 bits per heavy atom. The highest BCUT2D eigenvalue weighted by molar-refractivity contribution is 14.0. The minimum Gasteiger partial charge on any atom is -0.396 e. The zero-order valence-electron chi connectivity index (χ0n) is 11.3. The molecule has 0 aromatic heterocycles. The Hall–Kier alpha value is -0.0400. The molecule has 0 heterocycles. The van der Waals surface area contributed by atoms with Gasteiger partial charge in [0, 0.05) is 12.0 Å². The van der Waals surface area contributed by atoms with Gasteiger partial charge in [-0.2, -0.15) is 0 Å². The molecule has 0 amide bonds. The first-order valence-electron chi connectivity index (χ1n) is 6.28. The highest BCUT2D eigenvalue weighted by atomic mass is 127. The molecule has 0 fully saturated rings. The number of halogens is 1. The average molecular weight is 357 g/mol. The molecule has 104 valence electrons. The van der Waals surface area contributed by atoms with E-state index >= 15 is 0 Å². The molecule has 0 saturated heterocycles. The molecule has 17 heavy (non-hydrogen) atoms. The number of aliphatic imine (C=N–C) groups is 1. The van der Waals surface area contributed by atoms with Crippen molar-refractivity contribution in [2.75, 3.05) is 19.7 Å². The first kappa shape index (κ1) is 19.3. The molecule has 0 aliphatic carbocycles. The number of nitrogens with one attached hydrogen (secondary N) is 1. The van der Waals surface area contributed by atoms with Crippen LogP contribution in [0.2, 0.25) is 0 Å². The second-order valence-corrected chi connectivity index (χ2v) is 4.35. The quantitative estimate of drug-likeness (QED) is 0.270. The number of aliphatic hydroxyl groups is 1. The molecule has 4 nitrogen and oxygen atoms in total. The lowest BCUT2D eigenvalue weighted by molar-refractivity contribution is 0.123. The predicted octanol–water partition coefficient (Wildman–Crippen LogP) is 2.11. The van der Waals surface area contributed by atoms with E-state index in [4.69, 9.17) is 5.73 Å². The molecule has 0 unspecified atom stereocenters. The first-order chi connectivity index (χ1) is 7.64. The van der Waals surface area contributed by atoms with Crippen molar-refractivity contribution in [2.24, 2.45) is 16.1 Å². The molecule has 5 heteroatoms. The third-order valence-electron chi connectivity index (χ3n) is 3.26. The summed E-state index contributed by atoms with van der Waals surface area (Å²) in [6, 6.07) is 0. The van der Waals surface area contributed by atoms with E-state index in [1.807, 2.05) is 0 Å². The lowest BCUT2D eigenvalue weighted by atomic mass is 9.83. The van der Waals surface area contributed by atoms with Crippen molar-refractivity contribution in [3.05, 3.63) is 0 Å². The van der Waals surface area contributed by atoms with Crippen LogP contribution >= 0.6 is 24.0 Å². The van der Waals surface area contributed by atoms with Crippen LogP contribution in [0.4, 0.5) is 0 Å². The zero-order valence-corrected chi connectivity index (χ0v) is 13.7. The smallest absolute Gasteiger partial charge is 0.188 e. The largest absolute Gasteiger partial charge is 0.396 e. The van der Waals surface area contributed by atoms with Gasteiger partial charge in [0.15, 0.2) is 5.96 Å². The monoisotopic (exact) mass is 357 g/mol. The number of rotatable bonds is 8. The van der Waals surface area contributed by atoms with Gasteiger partial charge in [0.2, 0.25) is 0 Å². The molecule has 0 radical (unpaired) electrons. The highest BCUT2D eigenvalue weighted by Gasteiger charge is 2.24. The molecule has 0 atom stereocenters. The van der Waals surface area contributed by atoms with E-state index in [-0.39, 0.29) is 36.0 Å². The SMILES string of the molecule is CCCCNC(N)=NCC(CC)(CC)CO.I. The topological polar surface area (TPSA) is 70.6 Å². The lowest BCUT2D eigenvalue weighted by Gasteiger charge is -2.27. The van der Waals surface area contributed by atoms with Gasteiger partial charge in [-0.3, -0.25) is 4.99 Å². The minimum absolute atomic E-state index is 0. The Balaban J connectivity index is 0. The Morgan fingerprint density at radius 1 is 1.29 bits per heavy atom. The van der Waals surface area contributed by atoms with Crippen LogP contribution in [0, 0.1) is 5.41 Å². The summed E-state index contributed by atoms with van der Waals surface area (Å²) < 4.78 is 0. The van der Waals surface area contributed by atoms with Gasteiger partial charge in [-0.25, -0.2) is 0 Å². The fourth-order valence-electron chi connectivity index (χ4n) is 1.45. The first-order valence-corrected chi connectivity index (χ1v) is 6.28. The Morgan fingerprint density at radius 3 is 2.29 bits per heavy atom. The standard InChI is InChI=1S/C12H27N3O.HI/c1-4-7-8-14-11(13)15-9-12(5-2,6-3)10-16;/h16H,4-10H2,1-3H3,(H3,13,14,15);1H. The number of aliphatic hydroxyl groups excluding tert-OH is 1. The Labute approximate surface area is 122 Å². The van der Waals surface area contributed by atoms with Crippen LogP contribution in [-0.4, -0.2) is 30.8 Å². The summed E-state index contributed by atoms with van der Waals surface area (Å²) in [6.45, 7) is 7.94. The molecule has 0 bridgehead atoms. The molecular formula is C12H28IN3O. The molecule has 4 N–H and O–H groups in total. The van der Waals surface area contributed by atoms with Crippen molar-refractivity contribution in [2.45, 2.75) is 46.5 Å². The number of nitrogens with zero attached hydrogens (tertiary/aromatic N) is 1. The number of unbranched alkanes of at least 4 members (excludes halogenated alkanes) is 1. The molecule has 0 aromatic carbocycles. The summed E-state index contributed by atoms with van der Waals surface area (Å²) in [5.74, 6) is 0.494. The number of nitrogens with two attached hydrogens (primary N) is 1. The summed E-state index contributed by atoms with van der Waals surface area (Å²) in [7, 11) is 0. The van der Waals surface area contributed by atoms with Crippen molar-refractivity contribution in [1.82, 2.24) is 5.32 Å². The fourth-order valence-corrected chi connectivity index (χ4v) is 1.45. The van der Waals surface area contributed by atoms with E-state index in [1.54, 1.807) is 0 Å². The molecular weight excluding hydrogens is 329 g/mol. The third kappa shape index (κ3) is 7.81. The second kappa shape index (κ2) is 11.1. The van der Waals surface area contributed by atoms with Crippen LogP contribution in [0.25, 0.3) is 0 Å². The summed E-state index contributed by atoms with van der Waals surface area (Å²) in [4.78, 5) is 4.30. The number of hydrogen-bond acceptors (Lipinski definition) is 2. The van der Waals surface area contributed by atoms with Crippen LogP contribution in [0.3, 0.4) is 0 Å². The zero-order chi connectivity index (χ0) is 12.4. The van der Waals surface area contributed by atoms with Crippen molar-refractivity contribution in [3.8, 4) is 0 Å². The van der Waals surface area contributed by atoms with Crippen LogP contribution in [0.1, 0.15) is 46.5 Å². The maximum Gasteiger partial charge on any atom is 0.188 e. The van der Waals surface area contributed by atoms with Crippen LogP contribution in [0.5, 0.6) is 0 Å². The lowest BCUT2D eigenvalue weighted by Crippen LogP contribution is -2.35. The maximum absolute atomic E-state index is 9.37. The van der Waals surface area contributed by atoms with E-state index in [9.17, 15) is 5.11 Å². The third-order valence-corrected chi connectivity index (χ3v) is 3.26. The molecule has 0 rings (SSSR count). The van der Waals surface area contributed by atoms with Gasteiger partial charge in [0.25, 0.3) is 0 Å². The van der Waals surface area contributed by atoms with Crippen molar-refractivity contribution in [3.63, 3.8) is 0 Å². The fraction of sp³-hybridized carbons (Fsp3) is 0.917. The highest BCUT2D eigenvalue weighted by Crippen LogP contribution is 2.25. The Kier molecular flexibility index (Phi) is 12.6. The summed E-state index contributed by atoms with van der Waals surface area (Å²) in [5, 5.41) is 12.4. The van der Waals surface area contributed by atoms with Crippen molar-refractivity contribution in [1.29, 1.82) is 0 Å². The van der Waals surface area contributed by atoms with Crippen LogP contribution in [0.15, 0.2) is 4.99 Å². The van der Waals surface area contributed by atoms with E-state index in [2.05, 4.69) is 31.1 Å². The minimum atomic E-state index is -0.100. The molecule has 0 aliphatic rings. The summed E-state index contributed by atoms with van der Waals surface area (Å²) in [5.41, 5.74) is 5.64. The van der Waals surface area contributed by atoms with Gasteiger partial charge in [-0.05, 0) is 19.3 Å². The average Bonchev–Trinajstić information content (AvgIpc) is 2.32. The van der Waals surface area contributed by atoms with E-state index in [0.29, 0.717) is 12.5 Å². The van der Waals surface area contributed by atoms with E-state index in [0.717, 1.165) is 32.2 Å². The van der Waals surface area contributed by atoms with E-state index in [1.165, 1.54) is 0 Å². The van der Waals surface area contributed by atoms with E-state index < -0.39 is 0 Å². The van der Waals surface area contributed by atoms with Gasteiger partial charge < -0.3 is 16.2 Å². The molecule has 0 saturated carbocycles. The molecule has 0 spiro atoms. The predicted molar refractivity (Wildman–Crippen MR) is 84.9 cm³/mol. The summed E-state index contributed by atoms with van der Waals surface area (Å²) >= 11 is 0. The Bertz CT molecular complexity index is 198. The van der Waals surface area contributed by atoms with Gasteiger partial charge in [-0.15, -0.1) is 24.0 Å². The van der Waals surface area contributed by atoms with Gasteiger partial charge in [0.05, 0.1) is 13.2 Å². The summed E-state index contributed by atoms with van der Waals surface area (Å²) in [6.07, 6.45) is 4.09. The van der Waals surface area contributed by atoms with Crippen molar-refractivity contribution < 1.29 is 5.11 Å². The van der Waals surface area contributed by atoms with Gasteiger partial charge >= 0.3 is 0 Å². The van der Waals surface area contributed by atoms with Gasteiger partial charge in [-0.1, -0.05) is 27.2 Å². The maximum atomic E-state index is 9.37. The van der Waals surface area contributed by atoms with Crippen LogP contribution in [-0.2, 0) is 0 Å². The molecule has 0 aromatic rings. The normalized spacial score (nSPS) is 12.1. The second-order valence-electron chi connectivity index (χ2n) is 4.35. The molecule has 0 aliphatic heterocycles. The van der Waals surface area contributed by atoms with Crippen molar-refractivity contribution >= 4 is 29.9 Å². The van der Waals surface area contributed by atoms with Gasteiger partial charge in [0.1, 0.15) is 0 Å². The number of hydrogen-bond donors (Lipinski definition) is 3. The number of guanidine groups is 1.